The predicted molar refractivity (Wildman–Crippen MR) is 64.8 cm³/mol. The number of nitrogens with two attached hydrogens (primary N) is 1. The maximum atomic E-state index is 11.9. The van der Waals surface area contributed by atoms with Crippen LogP contribution in [0.2, 0.25) is 5.02 Å². The van der Waals surface area contributed by atoms with Crippen LogP contribution in [0.3, 0.4) is 0 Å². The van der Waals surface area contributed by atoms with Crippen LogP contribution in [0.1, 0.15) is 12.5 Å². The number of fused-ring (bicyclic) bond motifs is 1. The Balaban J connectivity index is 2.65. The first-order valence-corrected chi connectivity index (χ1v) is 6.85. The van der Waals surface area contributed by atoms with E-state index in [-0.39, 0.29) is 10.8 Å². The van der Waals surface area contributed by atoms with Crippen LogP contribution in [-0.4, -0.2) is 15.0 Å². The van der Waals surface area contributed by atoms with Gasteiger partial charge in [0.1, 0.15) is 0 Å². The van der Waals surface area contributed by atoms with Gasteiger partial charge < -0.3 is 5.73 Å². The number of halogens is 1. The van der Waals surface area contributed by atoms with Crippen molar-refractivity contribution in [3.05, 3.63) is 34.2 Å². The third-order valence-corrected chi connectivity index (χ3v) is 4.48. The van der Waals surface area contributed by atoms with Gasteiger partial charge in [-0.3, -0.25) is 0 Å². The average Bonchev–Trinajstić information content (AvgIpc) is 2.50. The van der Waals surface area contributed by atoms with Gasteiger partial charge in [0.25, 0.3) is 0 Å². The smallest absolute Gasteiger partial charge is 0.200 e. The second-order valence-corrected chi connectivity index (χ2v) is 6.10. The van der Waals surface area contributed by atoms with E-state index in [9.17, 15) is 8.42 Å². The fourth-order valence-electron chi connectivity index (χ4n) is 1.77. The van der Waals surface area contributed by atoms with E-state index in [1.165, 1.54) is 11.5 Å². The van der Waals surface area contributed by atoms with Gasteiger partial charge in [-0.25, -0.2) is 8.42 Å². The van der Waals surface area contributed by atoms with E-state index >= 15 is 0 Å². The first kappa shape index (κ1) is 11.6. The van der Waals surface area contributed by atoms with E-state index < -0.39 is 9.84 Å². The van der Waals surface area contributed by atoms with Crippen LogP contribution in [-0.2, 0) is 9.84 Å². The van der Waals surface area contributed by atoms with Gasteiger partial charge in [-0.2, -0.15) is 0 Å². The summed E-state index contributed by atoms with van der Waals surface area (Å²) in [6, 6.07) is 4.91. The maximum absolute atomic E-state index is 11.9. The van der Waals surface area contributed by atoms with E-state index in [2.05, 4.69) is 0 Å². The minimum absolute atomic E-state index is 0.0252. The SMILES string of the molecule is CC(CN)C1=CS(=O)(=O)c2cc(Cl)ccc21. The third-order valence-electron chi connectivity index (χ3n) is 2.73. The molecule has 2 rings (SSSR count). The Morgan fingerprint density at radius 3 is 2.75 bits per heavy atom. The van der Waals surface area contributed by atoms with E-state index in [1.807, 2.05) is 6.92 Å². The lowest BCUT2D eigenvalue weighted by Crippen LogP contribution is -2.11. The highest BCUT2D eigenvalue weighted by atomic mass is 35.5. The van der Waals surface area contributed by atoms with E-state index in [0.717, 1.165) is 11.1 Å². The van der Waals surface area contributed by atoms with Crippen molar-refractivity contribution in [1.29, 1.82) is 0 Å². The highest BCUT2D eigenvalue weighted by molar-refractivity contribution is 7.95. The summed E-state index contributed by atoms with van der Waals surface area (Å²) in [5.74, 6) is 0.0252. The minimum Gasteiger partial charge on any atom is -0.330 e. The Morgan fingerprint density at radius 2 is 2.12 bits per heavy atom. The standard InChI is InChI=1S/C11H12ClNO2S/c1-7(5-13)10-6-16(14,15)11-4-8(12)2-3-9(10)11/h2-4,6-7H,5,13H2,1H3. The topological polar surface area (TPSA) is 60.2 Å². The number of rotatable bonds is 2. The summed E-state index contributed by atoms with van der Waals surface area (Å²) >= 11 is 5.80. The summed E-state index contributed by atoms with van der Waals surface area (Å²) in [5, 5.41) is 1.73. The van der Waals surface area contributed by atoms with Crippen molar-refractivity contribution in [2.24, 2.45) is 11.7 Å². The number of hydrogen-bond acceptors (Lipinski definition) is 3. The first-order chi connectivity index (χ1) is 7.45. The van der Waals surface area contributed by atoms with Gasteiger partial charge in [0.2, 0.25) is 9.84 Å². The van der Waals surface area contributed by atoms with Crippen LogP contribution in [0.15, 0.2) is 28.5 Å². The highest BCUT2D eigenvalue weighted by Gasteiger charge is 2.29. The molecule has 0 aromatic heterocycles. The monoisotopic (exact) mass is 257 g/mol. The van der Waals surface area contributed by atoms with Crippen molar-refractivity contribution < 1.29 is 8.42 Å². The zero-order chi connectivity index (χ0) is 11.9. The van der Waals surface area contributed by atoms with Gasteiger partial charge in [0, 0.05) is 10.4 Å². The normalized spacial score (nSPS) is 19.1. The zero-order valence-electron chi connectivity index (χ0n) is 8.77. The summed E-state index contributed by atoms with van der Waals surface area (Å²) in [5.41, 5.74) is 7.06. The van der Waals surface area contributed by atoms with Crippen molar-refractivity contribution in [3.63, 3.8) is 0 Å². The van der Waals surface area contributed by atoms with Crippen molar-refractivity contribution in [3.8, 4) is 0 Å². The molecule has 0 saturated heterocycles. The van der Waals surface area contributed by atoms with Crippen LogP contribution < -0.4 is 5.73 Å². The van der Waals surface area contributed by atoms with Gasteiger partial charge in [0.15, 0.2) is 0 Å². The molecule has 86 valence electrons. The van der Waals surface area contributed by atoms with Gasteiger partial charge in [-0.15, -0.1) is 0 Å². The largest absolute Gasteiger partial charge is 0.330 e. The maximum Gasteiger partial charge on any atom is 0.200 e. The number of sulfone groups is 1. The molecule has 0 spiro atoms. The molecular formula is C11H12ClNO2S. The van der Waals surface area contributed by atoms with E-state index in [1.54, 1.807) is 12.1 Å². The molecule has 0 radical (unpaired) electrons. The van der Waals surface area contributed by atoms with Gasteiger partial charge in [-0.05, 0) is 35.7 Å². The van der Waals surface area contributed by atoms with Crippen molar-refractivity contribution in [2.75, 3.05) is 6.54 Å². The molecule has 5 heteroatoms. The average molecular weight is 258 g/mol. The molecule has 3 nitrogen and oxygen atoms in total. The van der Waals surface area contributed by atoms with Crippen molar-refractivity contribution >= 4 is 27.0 Å². The van der Waals surface area contributed by atoms with Crippen LogP contribution in [0, 0.1) is 5.92 Å². The molecule has 1 aromatic rings. The molecule has 0 fully saturated rings. The predicted octanol–water partition coefficient (Wildman–Crippen LogP) is 2.06. The lowest BCUT2D eigenvalue weighted by atomic mass is 9.96. The Bertz CT molecular complexity index is 563. The molecule has 0 saturated carbocycles. The fraction of sp³-hybridized carbons (Fsp3) is 0.273. The molecule has 0 aliphatic carbocycles. The first-order valence-electron chi connectivity index (χ1n) is 4.92. The van der Waals surface area contributed by atoms with Crippen molar-refractivity contribution in [2.45, 2.75) is 11.8 Å². The Kier molecular flexibility index (Phi) is 2.82. The van der Waals surface area contributed by atoms with Gasteiger partial charge in [-0.1, -0.05) is 24.6 Å². The molecule has 1 heterocycles. The summed E-state index contributed by atoms with van der Waals surface area (Å²) in [4.78, 5) is 0.287. The summed E-state index contributed by atoms with van der Waals surface area (Å²) in [6.45, 7) is 2.33. The highest BCUT2D eigenvalue weighted by Crippen LogP contribution is 2.38. The second kappa shape index (κ2) is 3.87. The zero-order valence-corrected chi connectivity index (χ0v) is 10.3. The Labute approximate surface area is 99.8 Å². The molecular weight excluding hydrogens is 246 g/mol. The Hall–Kier alpha value is -0.840. The summed E-state index contributed by atoms with van der Waals surface area (Å²) in [7, 11) is -3.33. The summed E-state index contributed by atoms with van der Waals surface area (Å²) in [6.07, 6.45) is 0. The molecule has 0 bridgehead atoms. The van der Waals surface area contributed by atoms with Crippen molar-refractivity contribution in [1.82, 2.24) is 0 Å². The molecule has 2 N–H and O–H groups in total. The van der Waals surface area contributed by atoms with E-state index in [4.69, 9.17) is 17.3 Å². The quantitative estimate of drug-likeness (QED) is 0.882. The number of hydrogen-bond donors (Lipinski definition) is 1. The lowest BCUT2D eigenvalue weighted by Gasteiger charge is -2.10. The van der Waals surface area contributed by atoms with Crippen LogP contribution >= 0.6 is 11.6 Å². The van der Waals surface area contributed by atoms with Crippen LogP contribution in [0.4, 0.5) is 0 Å². The van der Waals surface area contributed by atoms with Gasteiger partial charge in [0.05, 0.1) is 4.90 Å². The molecule has 1 aromatic carbocycles. The van der Waals surface area contributed by atoms with Gasteiger partial charge >= 0.3 is 0 Å². The third kappa shape index (κ3) is 1.77. The minimum atomic E-state index is -3.33. The van der Waals surface area contributed by atoms with Crippen LogP contribution in [0.25, 0.3) is 5.57 Å². The molecule has 1 aliphatic rings. The molecule has 1 unspecified atom stereocenters. The second-order valence-electron chi connectivity index (χ2n) is 3.90. The fourth-order valence-corrected chi connectivity index (χ4v) is 3.61. The molecule has 0 amide bonds. The number of benzene rings is 1. The Morgan fingerprint density at radius 1 is 1.44 bits per heavy atom. The van der Waals surface area contributed by atoms with E-state index in [0.29, 0.717) is 11.6 Å². The lowest BCUT2D eigenvalue weighted by molar-refractivity contribution is 0.605. The molecule has 16 heavy (non-hydrogen) atoms. The molecule has 1 aliphatic heterocycles. The summed E-state index contributed by atoms with van der Waals surface area (Å²) < 4.78 is 23.7. The van der Waals surface area contributed by atoms with Crippen LogP contribution in [0.5, 0.6) is 0 Å². The molecule has 1 atom stereocenters.